The van der Waals surface area contributed by atoms with Crippen molar-refractivity contribution in [3.63, 3.8) is 0 Å². The molecule has 0 saturated heterocycles. The molecule has 0 heterocycles. The molecule has 0 radical (unpaired) electrons. The van der Waals surface area contributed by atoms with Crippen LogP contribution in [0.15, 0.2) is 0 Å². The van der Waals surface area contributed by atoms with E-state index in [2.05, 4.69) is 0 Å². The third-order valence-electron chi connectivity index (χ3n) is 0.320. The zero-order chi connectivity index (χ0) is 5.15. The first-order valence-electron chi connectivity index (χ1n) is 1.48. The van der Waals surface area contributed by atoms with E-state index in [9.17, 15) is 4.57 Å². The van der Waals surface area contributed by atoms with Crippen molar-refractivity contribution in [3.8, 4) is 0 Å². The molecule has 7 heavy (non-hydrogen) atoms. The van der Waals surface area contributed by atoms with Gasteiger partial charge in [0.15, 0.2) is 0 Å². The molecule has 0 spiro atoms. The smallest absolute Gasteiger partial charge is 1.00 e. The first-order chi connectivity index (χ1) is 2.64. The zero-order valence-electron chi connectivity index (χ0n) is 6.03. The Morgan fingerprint density at radius 3 is 2.00 bits per heavy atom. The summed E-state index contributed by atoms with van der Waals surface area (Å²) in [5.74, 6) is -1.08. The summed E-state index contributed by atoms with van der Waals surface area (Å²) >= 11 is 0. The van der Waals surface area contributed by atoms with Crippen LogP contribution >= 0.6 is 8.03 Å². The molecule has 0 aromatic rings. The molecule has 0 aliphatic rings. The molecule has 0 aliphatic carbocycles. The Morgan fingerprint density at radius 1 is 1.86 bits per heavy atom. The summed E-state index contributed by atoms with van der Waals surface area (Å²) in [6.45, 7) is 1.26. The number of hydrogen-bond donors (Lipinski definition) is 2. The van der Waals surface area contributed by atoms with E-state index < -0.39 is 13.9 Å². The van der Waals surface area contributed by atoms with Gasteiger partial charge in [-0.3, -0.25) is 0 Å². The van der Waals surface area contributed by atoms with Gasteiger partial charge >= 0.3 is 45.8 Å². The predicted octanol–water partition coefficient (Wildman–Crippen LogP) is -0.0964. The van der Waals surface area contributed by atoms with Gasteiger partial charge in [0.05, 0.1) is 0 Å². The summed E-state index contributed by atoms with van der Waals surface area (Å²) in [6.07, 6.45) is 0. The Morgan fingerprint density at radius 2 is 2.00 bits per heavy atom. The second-order valence-corrected chi connectivity index (χ2v) is 2.29. The molecule has 0 rings (SSSR count). The van der Waals surface area contributed by atoms with Crippen LogP contribution in [0.25, 0.3) is 0 Å². The number of rotatable bonds is 1. The molecule has 2 atom stereocenters. The number of hydrogen-bond acceptors (Lipinski definition) is 2. The Labute approximate surface area is 75.6 Å². The summed E-state index contributed by atoms with van der Waals surface area (Å²) in [5, 5.41) is 8.10. The van der Waals surface area contributed by atoms with Gasteiger partial charge in [0.25, 0.3) is 5.85 Å². The first kappa shape index (κ1) is 11.1. The van der Waals surface area contributed by atoms with Crippen molar-refractivity contribution in [1.82, 2.24) is 0 Å². The Bertz CT molecular complexity index is 70.8. The minimum atomic E-state index is -2.35. The molecule has 40 valence electrons. The topological polar surface area (TPSA) is 57.5 Å². The van der Waals surface area contributed by atoms with Crippen LogP contribution in [0, 0.1) is 0 Å². The van der Waals surface area contributed by atoms with Gasteiger partial charge < -0.3 is 7.96 Å². The summed E-state index contributed by atoms with van der Waals surface area (Å²) in [6, 6.07) is 0. The van der Waals surface area contributed by atoms with Crippen molar-refractivity contribution >= 4 is 45.8 Å². The van der Waals surface area contributed by atoms with E-state index in [4.69, 9.17) is 10.00 Å². The predicted molar refractivity (Wildman–Crippen MR) is 29.5 cm³/mol. The molecule has 0 saturated carbocycles. The van der Waals surface area contributed by atoms with Crippen LogP contribution in [-0.4, -0.2) is 53.6 Å². The zero-order valence-corrected chi connectivity index (χ0v) is 7.14. The van der Waals surface area contributed by atoms with E-state index in [1.165, 1.54) is 6.92 Å². The Kier molecular flexibility index (Phi) is 8.61. The Balaban J connectivity index is -0.0000000417. The summed E-state index contributed by atoms with van der Waals surface area (Å²) < 4.78 is 9.60. The summed E-state index contributed by atoms with van der Waals surface area (Å²) in [5.41, 5.74) is 0. The average molecular weight is 151 g/mol. The maximum Gasteiger partial charge on any atom is 2.00 e. The second-order valence-electron chi connectivity index (χ2n) is 0.934. The van der Waals surface area contributed by atoms with Gasteiger partial charge in [-0.15, -0.1) is 0 Å². The summed E-state index contributed by atoms with van der Waals surface area (Å²) in [4.78, 5) is 7.89. The fourth-order valence-corrected chi connectivity index (χ4v) is 0. The molecule has 2 unspecified atom stereocenters. The normalized spacial score (nSPS) is 14.4. The van der Waals surface area contributed by atoms with Crippen LogP contribution in [0.2, 0.25) is 0 Å². The van der Waals surface area contributed by atoms with E-state index in [-0.39, 0.29) is 40.6 Å². The molecule has 2 N–H and O–H groups in total. The SMILES string of the molecule is CC(O)[P+](=O)O.[Ca+2].[H-].[H-]. The van der Waals surface area contributed by atoms with Gasteiger partial charge in [0.2, 0.25) is 0 Å². The fourth-order valence-electron chi connectivity index (χ4n) is 0. The van der Waals surface area contributed by atoms with Crippen molar-refractivity contribution < 1.29 is 17.4 Å². The van der Waals surface area contributed by atoms with Gasteiger partial charge in [0.1, 0.15) is 0 Å². The quantitative estimate of drug-likeness (QED) is 0.406. The largest absolute Gasteiger partial charge is 2.00 e. The molecule has 0 fully saturated rings. The van der Waals surface area contributed by atoms with Crippen LogP contribution in [0.1, 0.15) is 9.78 Å². The van der Waals surface area contributed by atoms with Crippen molar-refractivity contribution in [1.29, 1.82) is 0 Å². The maximum absolute atomic E-state index is 9.60. The molecule has 3 nitrogen and oxygen atoms in total. The second kappa shape index (κ2) is 5.42. The van der Waals surface area contributed by atoms with Crippen molar-refractivity contribution in [2.75, 3.05) is 0 Å². The van der Waals surface area contributed by atoms with Gasteiger partial charge in [-0.25, -0.2) is 0 Å². The average Bonchev–Trinajstić information content (AvgIpc) is 1.36. The molecule has 5 heteroatoms. The van der Waals surface area contributed by atoms with Crippen LogP contribution < -0.4 is 0 Å². The van der Waals surface area contributed by atoms with E-state index in [0.717, 1.165) is 0 Å². The standard InChI is InChI=1S/C2H5O3P.Ca.2H/c1-2(3)6(4)5;;;/h2-3H,1H3;;;/q;+2;2*-1/p+1. The van der Waals surface area contributed by atoms with E-state index in [1.54, 1.807) is 0 Å². The van der Waals surface area contributed by atoms with Gasteiger partial charge in [-0.05, 0) is 4.57 Å². The van der Waals surface area contributed by atoms with Crippen LogP contribution in [0.5, 0.6) is 0 Å². The van der Waals surface area contributed by atoms with Gasteiger partial charge in [-0.1, -0.05) is 0 Å². The number of aliphatic hydroxyl groups excluding tert-OH is 1. The van der Waals surface area contributed by atoms with Crippen molar-refractivity contribution in [2.24, 2.45) is 0 Å². The molecule has 0 amide bonds. The fraction of sp³-hybridized carbons (Fsp3) is 1.00. The third kappa shape index (κ3) is 7.28. The molecule has 0 aromatic heterocycles. The molecule has 0 aliphatic heterocycles. The summed E-state index contributed by atoms with van der Waals surface area (Å²) in [7, 11) is -2.35. The van der Waals surface area contributed by atoms with Crippen molar-refractivity contribution in [3.05, 3.63) is 0 Å². The van der Waals surface area contributed by atoms with Crippen LogP contribution in [0.4, 0.5) is 0 Å². The maximum atomic E-state index is 9.60. The van der Waals surface area contributed by atoms with Crippen LogP contribution in [-0.2, 0) is 4.57 Å². The van der Waals surface area contributed by atoms with Crippen LogP contribution in [0.3, 0.4) is 0 Å². The van der Waals surface area contributed by atoms with E-state index in [1.807, 2.05) is 0 Å². The molecular formula is C2H8CaO3P+. The minimum Gasteiger partial charge on any atom is -1.00 e. The molecule has 0 aromatic carbocycles. The minimum absolute atomic E-state index is 0. The van der Waals surface area contributed by atoms with E-state index >= 15 is 0 Å². The van der Waals surface area contributed by atoms with Crippen molar-refractivity contribution in [2.45, 2.75) is 12.8 Å². The van der Waals surface area contributed by atoms with E-state index in [0.29, 0.717) is 0 Å². The molecular weight excluding hydrogens is 143 g/mol. The first-order valence-corrected chi connectivity index (χ1v) is 2.76. The monoisotopic (exact) mass is 151 g/mol. The molecule has 0 bridgehead atoms. The van der Waals surface area contributed by atoms with Gasteiger partial charge in [-0.2, -0.15) is 4.89 Å². The third-order valence-corrected chi connectivity index (χ3v) is 0.959. The van der Waals surface area contributed by atoms with Gasteiger partial charge in [0, 0.05) is 6.92 Å². The number of aliphatic hydroxyl groups is 1. The Hall–Kier alpha value is 1.28.